The third kappa shape index (κ3) is 5.21. The number of aromatic nitrogens is 5. The summed E-state index contributed by atoms with van der Waals surface area (Å²) >= 11 is 6.62. The summed E-state index contributed by atoms with van der Waals surface area (Å²) in [4.78, 5) is 19.0. The molecule has 0 amide bonds. The molecule has 0 radical (unpaired) electrons. The Kier molecular flexibility index (Phi) is 7.06. The fraction of sp³-hybridized carbons (Fsp3) is 0.200. The highest BCUT2D eigenvalue weighted by atomic mass is 35.5. The lowest BCUT2D eigenvalue weighted by Gasteiger charge is -2.30. The summed E-state index contributed by atoms with van der Waals surface area (Å²) in [5, 5.41) is 14.3. The Bertz CT molecular complexity index is 1810. The van der Waals surface area contributed by atoms with Crippen molar-refractivity contribution in [2.45, 2.75) is 39.5 Å². The van der Waals surface area contributed by atoms with E-state index in [0.29, 0.717) is 41.8 Å². The van der Waals surface area contributed by atoms with Gasteiger partial charge in [-0.1, -0.05) is 35.9 Å². The molecule has 0 saturated heterocycles. The van der Waals surface area contributed by atoms with Crippen LogP contribution in [-0.2, 0) is 19.6 Å². The Hall–Kier alpha value is -4.47. The molecule has 40 heavy (non-hydrogen) atoms. The van der Waals surface area contributed by atoms with Gasteiger partial charge in [0, 0.05) is 28.0 Å². The number of aryl methyl sites for hydroxylation is 2. The largest absolute Gasteiger partial charge is 0.468 e. The number of hydrogen-bond acceptors (Lipinski definition) is 7. The fourth-order valence-corrected chi connectivity index (χ4v) is 5.34. The highest BCUT2D eigenvalue weighted by molar-refractivity contribution is 6.31. The van der Waals surface area contributed by atoms with Crippen molar-refractivity contribution in [2.24, 2.45) is 0 Å². The summed E-state index contributed by atoms with van der Waals surface area (Å²) in [6.45, 7) is 5.14. The zero-order valence-electron chi connectivity index (χ0n) is 22.0. The van der Waals surface area contributed by atoms with E-state index in [0.717, 1.165) is 33.4 Å². The standard InChI is InChI=1S/C30H27ClN6O3/c1-19-13-20(2)24-15-25(30(38)32-27(24)14-19)28(29-33-34-35-37(29)18-23-9-6-12-40-23)36(17-22-8-5-11-39-22)16-21-7-3-4-10-26(21)31/h3-15,28H,16-18H2,1-2H3,(H,32,38)/t28-/m1/s1. The lowest BCUT2D eigenvalue weighted by atomic mass is 9.99. The van der Waals surface area contributed by atoms with E-state index in [2.05, 4.69) is 31.5 Å². The maximum atomic E-state index is 13.8. The van der Waals surface area contributed by atoms with Crippen LogP contribution in [0, 0.1) is 13.8 Å². The molecule has 0 aliphatic heterocycles. The van der Waals surface area contributed by atoms with Crippen molar-refractivity contribution in [1.29, 1.82) is 0 Å². The number of nitrogens with zero attached hydrogens (tertiary/aromatic N) is 5. The number of nitrogens with one attached hydrogen (secondary N) is 1. The van der Waals surface area contributed by atoms with Gasteiger partial charge in [0.2, 0.25) is 0 Å². The molecule has 0 saturated carbocycles. The summed E-state index contributed by atoms with van der Waals surface area (Å²) in [6, 6.07) is 20.5. The van der Waals surface area contributed by atoms with Crippen LogP contribution in [0.5, 0.6) is 0 Å². The second-order valence-electron chi connectivity index (χ2n) is 9.85. The molecule has 0 fully saturated rings. The monoisotopic (exact) mass is 554 g/mol. The van der Waals surface area contributed by atoms with Crippen molar-refractivity contribution >= 4 is 22.5 Å². The lowest BCUT2D eigenvalue weighted by Crippen LogP contribution is -2.35. The van der Waals surface area contributed by atoms with Gasteiger partial charge in [0.05, 0.1) is 19.1 Å². The Morgan fingerprint density at radius 1 is 0.975 bits per heavy atom. The van der Waals surface area contributed by atoms with E-state index in [1.54, 1.807) is 17.2 Å². The Morgan fingerprint density at radius 3 is 2.50 bits per heavy atom. The quantitative estimate of drug-likeness (QED) is 0.240. The fourth-order valence-electron chi connectivity index (χ4n) is 5.15. The zero-order valence-corrected chi connectivity index (χ0v) is 22.8. The number of benzene rings is 2. The van der Waals surface area contributed by atoms with Crippen LogP contribution in [0.25, 0.3) is 10.9 Å². The number of tetrazole rings is 1. The molecular formula is C30H27ClN6O3. The number of fused-ring (bicyclic) bond motifs is 1. The molecule has 0 aliphatic rings. The average molecular weight is 555 g/mol. The number of rotatable bonds is 9. The Labute approximate surface area is 235 Å². The number of H-pyrrole nitrogens is 1. The normalized spacial score (nSPS) is 12.4. The van der Waals surface area contributed by atoms with E-state index >= 15 is 0 Å². The molecule has 202 valence electrons. The van der Waals surface area contributed by atoms with Crippen LogP contribution in [-0.4, -0.2) is 30.1 Å². The van der Waals surface area contributed by atoms with Crippen molar-refractivity contribution in [3.63, 3.8) is 0 Å². The van der Waals surface area contributed by atoms with Crippen molar-refractivity contribution in [3.8, 4) is 0 Å². The predicted octanol–water partition coefficient (Wildman–Crippen LogP) is 5.81. The van der Waals surface area contributed by atoms with Crippen molar-refractivity contribution < 1.29 is 8.83 Å². The van der Waals surface area contributed by atoms with E-state index in [9.17, 15) is 4.79 Å². The first-order valence-electron chi connectivity index (χ1n) is 12.9. The molecule has 6 rings (SSSR count). The predicted molar refractivity (Wildman–Crippen MR) is 151 cm³/mol. The van der Waals surface area contributed by atoms with Gasteiger partial charge in [-0.2, -0.15) is 0 Å². The number of aromatic amines is 1. The number of pyridine rings is 1. The molecule has 6 aromatic rings. The second kappa shape index (κ2) is 11.0. The molecule has 0 unspecified atom stereocenters. The maximum absolute atomic E-state index is 13.8. The van der Waals surface area contributed by atoms with E-state index in [4.69, 9.17) is 20.4 Å². The highest BCUT2D eigenvalue weighted by Crippen LogP contribution is 2.32. The molecule has 1 atom stereocenters. The smallest absolute Gasteiger partial charge is 0.253 e. The summed E-state index contributed by atoms with van der Waals surface area (Å²) < 4.78 is 13.0. The minimum atomic E-state index is -0.653. The summed E-state index contributed by atoms with van der Waals surface area (Å²) in [7, 11) is 0. The third-order valence-corrected chi connectivity index (χ3v) is 7.33. The van der Waals surface area contributed by atoms with E-state index in [1.807, 2.05) is 74.5 Å². The molecule has 0 aliphatic carbocycles. The van der Waals surface area contributed by atoms with Crippen LogP contribution in [0.2, 0.25) is 5.02 Å². The van der Waals surface area contributed by atoms with Gasteiger partial charge in [-0.15, -0.1) is 5.10 Å². The van der Waals surface area contributed by atoms with Gasteiger partial charge in [0.15, 0.2) is 5.82 Å². The number of hydrogen-bond donors (Lipinski definition) is 1. The maximum Gasteiger partial charge on any atom is 0.253 e. The summed E-state index contributed by atoms with van der Waals surface area (Å²) in [6.07, 6.45) is 3.24. The molecule has 0 bridgehead atoms. The second-order valence-corrected chi connectivity index (χ2v) is 10.3. The first kappa shape index (κ1) is 25.8. The molecule has 9 nitrogen and oxygen atoms in total. The molecular weight excluding hydrogens is 528 g/mol. The van der Waals surface area contributed by atoms with Gasteiger partial charge in [0.25, 0.3) is 5.56 Å². The topological polar surface area (TPSA) is 106 Å². The van der Waals surface area contributed by atoms with E-state index in [-0.39, 0.29) is 5.56 Å². The van der Waals surface area contributed by atoms with Crippen molar-refractivity contribution in [2.75, 3.05) is 0 Å². The van der Waals surface area contributed by atoms with E-state index in [1.165, 1.54) is 0 Å². The molecule has 1 N–H and O–H groups in total. The number of furan rings is 2. The van der Waals surface area contributed by atoms with Crippen LogP contribution >= 0.6 is 11.6 Å². The van der Waals surface area contributed by atoms with Gasteiger partial charge in [-0.05, 0) is 83.4 Å². The van der Waals surface area contributed by atoms with Crippen LogP contribution in [0.3, 0.4) is 0 Å². The van der Waals surface area contributed by atoms with Gasteiger partial charge in [-0.3, -0.25) is 9.69 Å². The molecule has 0 spiro atoms. The molecule has 4 aromatic heterocycles. The van der Waals surface area contributed by atoms with Crippen LogP contribution < -0.4 is 5.56 Å². The Morgan fingerprint density at radius 2 is 1.75 bits per heavy atom. The van der Waals surface area contributed by atoms with E-state index < -0.39 is 6.04 Å². The molecule has 2 aromatic carbocycles. The summed E-state index contributed by atoms with van der Waals surface area (Å²) in [5.74, 6) is 1.91. The summed E-state index contributed by atoms with van der Waals surface area (Å²) in [5.41, 5.74) is 4.10. The highest BCUT2D eigenvalue weighted by Gasteiger charge is 2.32. The molecule has 10 heteroatoms. The van der Waals surface area contributed by atoms with Gasteiger partial charge >= 0.3 is 0 Å². The van der Waals surface area contributed by atoms with Crippen molar-refractivity contribution in [3.05, 3.63) is 134 Å². The average Bonchev–Trinajstić information content (AvgIpc) is 3.71. The van der Waals surface area contributed by atoms with Crippen molar-refractivity contribution in [1.82, 2.24) is 30.1 Å². The first-order chi connectivity index (χ1) is 19.5. The van der Waals surface area contributed by atoms with Gasteiger partial charge in [0.1, 0.15) is 24.1 Å². The lowest BCUT2D eigenvalue weighted by molar-refractivity contribution is 0.179. The minimum Gasteiger partial charge on any atom is -0.468 e. The van der Waals surface area contributed by atoms with Gasteiger partial charge in [-0.25, -0.2) is 4.68 Å². The zero-order chi connectivity index (χ0) is 27.6. The third-order valence-electron chi connectivity index (χ3n) is 6.96. The Balaban J connectivity index is 1.55. The van der Waals surface area contributed by atoms with Crippen LogP contribution in [0.4, 0.5) is 0 Å². The first-order valence-corrected chi connectivity index (χ1v) is 13.3. The number of halogens is 1. The SMILES string of the molecule is Cc1cc(C)c2cc([C@H](c3nnnn3Cc3ccco3)N(Cc3ccco3)Cc3ccccc3Cl)c(=O)[nH]c2c1. The van der Waals surface area contributed by atoms with Crippen LogP contribution in [0.15, 0.2) is 92.9 Å². The molecule has 4 heterocycles. The van der Waals surface area contributed by atoms with Crippen LogP contribution in [0.1, 0.15) is 45.6 Å². The van der Waals surface area contributed by atoms with Gasteiger partial charge < -0.3 is 13.8 Å². The minimum absolute atomic E-state index is 0.223.